The number of hydrogen-bond acceptors (Lipinski definition) is 4. The van der Waals surface area contributed by atoms with Crippen LogP contribution in [0.25, 0.3) is 11.3 Å². The highest BCUT2D eigenvalue weighted by atomic mass is 16.1. The van der Waals surface area contributed by atoms with Gasteiger partial charge in [0.2, 0.25) is 5.95 Å². The average Bonchev–Trinajstić information content (AvgIpc) is 2.82. The third kappa shape index (κ3) is 2.69. The minimum absolute atomic E-state index is 0.0875. The number of rotatable bonds is 4. The van der Waals surface area contributed by atoms with E-state index in [0.29, 0.717) is 12.5 Å². The molecule has 5 heteroatoms. The zero-order chi connectivity index (χ0) is 12.3. The van der Waals surface area contributed by atoms with Crippen molar-refractivity contribution in [3.8, 4) is 11.3 Å². The van der Waals surface area contributed by atoms with E-state index in [-0.39, 0.29) is 5.78 Å². The molecule has 5 nitrogen and oxygen atoms in total. The molecule has 0 spiro atoms. The Morgan fingerprint density at radius 3 is 2.65 bits per heavy atom. The van der Waals surface area contributed by atoms with Crippen molar-refractivity contribution in [3.63, 3.8) is 0 Å². The fraction of sp³-hybridized carbons (Fsp3) is 0.250. The van der Waals surface area contributed by atoms with Gasteiger partial charge in [0.05, 0.1) is 6.54 Å². The van der Waals surface area contributed by atoms with Crippen LogP contribution in [0.5, 0.6) is 0 Å². The van der Waals surface area contributed by atoms with Gasteiger partial charge >= 0.3 is 0 Å². The Hall–Kier alpha value is -2.17. The molecule has 0 fully saturated rings. The topological polar surface area (TPSA) is 61.9 Å². The molecule has 0 aliphatic rings. The molecule has 1 N–H and O–H groups in total. The summed E-state index contributed by atoms with van der Waals surface area (Å²) in [5.41, 5.74) is 1.90. The fourth-order valence-electron chi connectivity index (χ4n) is 1.57. The summed E-state index contributed by atoms with van der Waals surface area (Å²) in [6.07, 6.45) is 5.33. The molecule has 2 rings (SSSR count). The second-order valence-electron chi connectivity index (χ2n) is 3.91. The maximum atomic E-state index is 11.0. The predicted octanol–water partition coefficient (Wildman–Crippen LogP) is 1.50. The summed E-state index contributed by atoms with van der Waals surface area (Å²) in [4.78, 5) is 24.2. The lowest BCUT2D eigenvalue weighted by Crippen LogP contribution is -2.25. The molecule has 0 unspecified atom stereocenters. The summed E-state index contributed by atoms with van der Waals surface area (Å²) in [7, 11) is 1.80. The number of hydrogen-bond donors (Lipinski definition) is 1. The number of anilines is 1. The second-order valence-corrected chi connectivity index (χ2v) is 3.91. The quantitative estimate of drug-likeness (QED) is 0.864. The third-order valence-electron chi connectivity index (χ3n) is 2.35. The van der Waals surface area contributed by atoms with Crippen molar-refractivity contribution in [1.82, 2.24) is 15.0 Å². The van der Waals surface area contributed by atoms with Crippen LogP contribution in [0, 0.1) is 0 Å². The van der Waals surface area contributed by atoms with Gasteiger partial charge in [-0.25, -0.2) is 9.97 Å². The molecule has 0 radical (unpaired) electrons. The van der Waals surface area contributed by atoms with Gasteiger partial charge in [-0.3, -0.25) is 4.79 Å². The van der Waals surface area contributed by atoms with Crippen LogP contribution in [-0.4, -0.2) is 34.3 Å². The molecule has 2 aromatic rings. The van der Waals surface area contributed by atoms with Gasteiger partial charge in [0.1, 0.15) is 5.78 Å². The van der Waals surface area contributed by atoms with Gasteiger partial charge in [0.15, 0.2) is 0 Å². The van der Waals surface area contributed by atoms with Crippen molar-refractivity contribution < 1.29 is 4.79 Å². The lowest BCUT2D eigenvalue weighted by molar-refractivity contribution is -0.115. The number of ketones is 1. The van der Waals surface area contributed by atoms with Crippen molar-refractivity contribution in [2.45, 2.75) is 6.92 Å². The second kappa shape index (κ2) is 4.78. The lowest BCUT2D eigenvalue weighted by Gasteiger charge is -2.14. The monoisotopic (exact) mass is 230 g/mol. The first kappa shape index (κ1) is 11.3. The van der Waals surface area contributed by atoms with E-state index < -0.39 is 0 Å². The number of likely N-dealkylation sites (N-methyl/N-ethyl adjacent to an activating group) is 1. The first-order valence-corrected chi connectivity index (χ1v) is 5.33. The van der Waals surface area contributed by atoms with Crippen LogP contribution in [0.3, 0.4) is 0 Å². The first-order chi connectivity index (χ1) is 8.16. The van der Waals surface area contributed by atoms with Gasteiger partial charge in [-0.15, -0.1) is 0 Å². The maximum absolute atomic E-state index is 11.0. The van der Waals surface area contributed by atoms with Crippen LogP contribution in [0.15, 0.2) is 30.7 Å². The standard InChI is InChI=1S/C12H14N4O/c1-9(17)8-16(2)12-14-6-10(7-15-12)11-4-3-5-13-11/h3-7,13H,8H2,1-2H3. The zero-order valence-electron chi connectivity index (χ0n) is 9.84. The highest BCUT2D eigenvalue weighted by Crippen LogP contribution is 2.15. The number of nitrogens with zero attached hydrogens (tertiary/aromatic N) is 3. The first-order valence-electron chi connectivity index (χ1n) is 5.33. The molecular weight excluding hydrogens is 216 g/mol. The van der Waals surface area contributed by atoms with Crippen molar-refractivity contribution >= 4 is 11.7 Å². The molecule has 2 heterocycles. The molecule has 0 saturated heterocycles. The van der Waals surface area contributed by atoms with E-state index in [0.717, 1.165) is 11.3 Å². The lowest BCUT2D eigenvalue weighted by atomic mass is 10.2. The van der Waals surface area contributed by atoms with E-state index in [4.69, 9.17) is 0 Å². The number of nitrogens with one attached hydrogen (secondary N) is 1. The van der Waals surface area contributed by atoms with Gasteiger partial charge in [-0.1, -0.05) is 0 Å². The number of Topliss-reactive ketones (excluding diaryl/α,β-unsaturated/α-hetero) is 1. The molecule has 88 valence electrons. The SMILES string of the molecule is CC(=O)CN(C)c1ncc(-c2ccc[nH]2)cn1. The Morgan fingerprint density at radius 1 is 1.41 bits per heavy atom. The smallest absolute Gasteiger partial charge is 0.225 e. The molecule has 0 aromatic carbocycles. The minimum Gasteiger partial charge on any atom is -0.361 e. The summed E-state index contributed by atoms with van der Waals surface area (Å²) in [6, 6.07) is 3.88. The largest absolute Gasteiger partial charge is 0.361 e. The Balaban J connectivity index is 2.15. The van der Waals surface area contributed by atoms with Crippen molar-refractivity contribution in [2.75, 3.05) is 18.5 Å². The maximum Gasteiger partial charge on any atom is 0.225 e. The van der Waals surface area contributed by atoms with Gasteiger partial charge in [-0.05, 0) is 19.1 Å². The molecule has 0 bridgehead atoms. The van der Waals surface area contributed by atoms with Crippen molar-refractivity contribution in [1.29, 1.82) is 0 Å². The summed E-state index contributed by atoms with van der Waals surface area (Å²) in [6.45, 7) is 1.87. The Kier molecular flexibility index (Phi) is 3.18. The van der Waals surface area contributed by atoms with E-state index in [1.54, 1.807) is 31.3 Å². The summed E-state index contributed by atoms with van der Waals surface area (Å²) in [5, 5.41) is 0. The molecule has 0 amide bonds. The van der Waals surface area contributed by atoms with Gasteiger partial charge < -0.3 is 9.88 Å². The molecule has 0 atom stereocenters. The Bertz CT molecular complexity index is 490. The van der Waals surface area contributed by atoms with Gasteiger partial charge in [0.25, 0.3) is 0 Å². The predicted molar refractivity (Wildman–Crippen MR) is 65.8 cm³/mol. The van der Waals surface area contributed by atoms with E-state index in [1.807, 2.05) is 18.3 Å². The number of carbonyl (C=O) groups excluding carboxylic acids is 1. The molecule has 0 saturated carbocycles. The number of carbonyl (C=O) groups is 1. The fourth-order valence-corrected chi connectivity index (χ4v) is 1.57. The van der Waals surface area contributed by atoms with E-state index in [2.05, 4.69) is 15.0 Å². The normalized spacial score (nSPS) is 10.2. The summed E-state index contributed by atoms with van der Waals surface area (Å²) in [5.74, 6) is 0.639. The number of aromatic nitrogens is 3. The van der Waals surface area contributed by atoms with Crippen LogP contribution in [0.1, 0.15) is 6.92 Å². The number of H-pyrrole nitrogens is 1. The summed E-state index contributed by atoms with van der Waals surface area (Å²) >= 11 is 0. The van der Waals surface area contributed by atoms with Crippen molar-refractivity contribution in [3.05, 3.63) is 30.7 Å². The number of aromatic amines is 1. The highest BCUT2D eigenvalue weighted by molar-refractivity contribution is 5.80. The van der Waals surface area contributed by atoms with E-state index in [9.17, 15) is 4.79 Å². The van der Waals surface area contributed by atoms with Gasteiger partial charge in [-0.2, -0.15) is 0 Å². The molecule has 0 aliphatic carbocycles. The Labute approximate surface area is 99.5 Å². The van der Waals surface area contributed by atoms with Crippen LogP contribution >= 0.6 is 0 Å². The van der Waals surface area contributed by atoms with Crippen LogP contribution in [0.4, 0.5) is 5.95 Å². The average molecular weight is 230 g/mol. The van der Waals surface area contributed by atoms with Gasteiger partial charge in [0, 0.05) is 36.9 Å². The zero-order valence-corrected chi connectivity index (χ0v) is 9.84. The van der Waals surface area contributed by atoms with Crippen molar-refractivity contribution in [2.24, 2.45) is 0 Å². The molecule has 17 heavy (non-hydrogen) atoms. The molecule has 0 aliphatic heterocycles. The summed E-state index contributed by atoms with van der Waals surface area (Å²) < 4.78 is 0. The van der Waals surface area contributed by atoms with Crippen LogP contribution in [0.2, 0.25) is 0 Å². The Morgan fingerprint density at radius 2 is 2.12 bits per heavy atom. The van der Waals surface area contributed by atoms with Crippen LogP contribution in [-0.2, 0) is 4.79 Å². The highest BCUT2D eigenvalue weighted by Gasteiger charge is 2.07. The third-order valence-corrected chi connectivity index (χ3v) is 2.35. The minimum atomic E-state index is 0.0875. The van der Waals surface area contributed by atoms with E-state index in [1.165, 1.54) is 0 Å². The van der Waals surface area contributed by atoms with Crippen LogP contribution < -0.4 is 4.90 Å². The molecular formula is C12H14N4O. The van der Waals surface area contributed by atoms with E-state index >= 15 is 0 Å². The molecule has 2 aromatic heterocycles.